The van der Waals surface area contributed by atoms with Gasteiger partial charge in [-0.15, -0.1) is 0 Å². The fraction of sp³-hybridized carbons (Fsp3) is 0.269. The molecule has 0 radical (unpaired) electrons. The quantitative estimate of drug-likeness (QED) is 0.500. The number of morpholine rings is 1. The second-order valence-electron chi connectivity index (χ2n) is 8.44. The molecule has 0 atom stereocenters. The van der Waals surface area contributed by atoms with Crippen LogP contribution < -0.4 is 10.2 Å². The van der Waals surface area contributed by atoms with Crippen molar-refractivity contribution in [2.75, 3.05) is 36.5 Å². The first-order valence-corrected chi connectivity index (χ1v) is 11.1. The van der Waals surface area contributed by atoms with Gasteiger partial charge in [-0.1, -0.05) is 12.1 Å². The number of pyridine rings is 2. The highest BCUT2D eigenvalue weighted by atomic mass is 16.5. The molecule has 1 aliphatic rings. The van der Waals surface area contributed by atoms with Gasteiger partial charge < -0.3 is 19.5 Å². The summed E-state index contributed by atoms with van der Waals surface area (Å²) in [5.41, 5.74) is 5.37. The third-order valence-electron chi connectivity index (χ3n) is 6.39. The van der Waals surface area contributed by atoms with Gasteiger partial charge in [0.1, 0.15) is 11.6 Å². The number of carbonyl (C=O) groups is 1. The number of aromatic nitrogens is 3. The van der Waals surface area contributed by atoms with E-state index >= 15 is 0 Å². The van der Waals surface area contributed by atoms with Gasteiger partial charge in [0.2, 0.25) is 0 Å². The van der Waals surface area contributed by atoms with Crippen LogP contribution in [0.4, 0.5) is 11.6 Å². The van der Waals surface area contributed by atoms with E-state index in [0.717, 1.165) is 35.2 Å². The third kappa shape index (κ3) is 4.19. The maximum Gasteiger partial charge on any atom is 0.257 e. The Balaban J connectivity index is 0.00000274. The first-order chi connectivity index (χ1) is 16.0. The molecule has 5 rings (SSSR count). The van der Waals surface area contributed by atoms with E-state index in [-0.39, 0.29) is 7.33 Å². The number of aryl methyl sites for hydroxylation is 1. The molecule has 7 nitrogen and oxygen atoms in total. The minimum absolute atomic E-state index is 0. The van der Waals surface area contributed by atoms with Gasteiger partial charge in [-0.25, -0.2) is 9.97 Å². The lowest BCUT2D eigenvalue weighted by molar-refractivity contribution is 0.102. The zero-order valence-corrected chi connectivity index (χ0v) is 19.1. The molecule has 33 heavy (non-hydrogen) atoms. The van der Waals surface area contributed by atoms with Gasteiger partial charge in [0.25, 0.3) is 5.91 Å². The van der Waals surface area contributed by atoms with Crippen LogP contribution in [0.25, 0.3) is 22.0 Å². The van der Waals surface area contributed by atoms with Crippen molar-refractivity contribution in [2.45, 2.75) is 13.8 Å². The summed E-state index contributed by atoms with van der Waals surface area (Å²) in [5, 5.41) is 4.99. The fourth-order valence-electron chi connectivity index (χ4n) is 4.21. The molecular formula is C26H29N5O2. The normalized spacial score (nSPS) is 14.0. The molecule has 0 bridgehead atoms. The maximum absolute atomic E-state index is 12.9. The van der Waals surface area contributed by atoms with Crippen molar-refractivity contribution in [1.82, 2.24) is 14.5 Å². The van der Waals surface area contributed by atoms with Gasteiger partial charge in [0, 0.05) is 56.3 Å². The molecule has 1 saturated heterocycles. The number of fused-ring (bicyclic) bond motifs is 1. The topological polar surface area (TPSA) is 72.3 Å². The monoisotopic (exact) mass is 443 g/mol. The minimum atomic E-state index is -0.205. The Kier molecular flexibility index (Phi) is 5.56. The van der Waals surface area contributed by atoms with Crippen LogP contribution in [0.5, 0.6) is 0 Å². The van der Waals surface area contributed by atoms with Crippen LogP contribution in [0, 0.1) is 13.8 Å². The number of benzene rings is 1. The fourth-order valence-corrected chi connectivity index (χ4v) is 4.21. The first-order valence-electron chi connectivity index (χ1n) is 11.1. The molecule has 0 spiro atoms. The van der Waals surface area contributed by atoms with E-state index in [2.05, 4.69) is 69.9 Å². The number of anilines is 2. The Morgan fingerprint density at radius 1 is 1.03 bits per heavy atom. The minimum Gasteiger partial charge on any atom is -0.378 e. The van der Waals surface area contributed by atoms with E-state index in [1.807, 2.05) is 12.1 Å². The Bertz CT molecular complexity index is 1340. The summed E-state index contributed by atoms with van der Waals surface area (Å²) in [5.74, 6) is 1.10. The smallest absolute Gasteiger partial charge is 0.257 e. The summed E-state index contributed by atoms with van der Waals surface area (Å²) in [7, 11) is 2.08. The molecule has 1 fully saturated rings. The van der Waals surface area contributed by atoms with E-state index < -0.39 is 0 Å². The van der Waals surface area contributed by atoms with Gasteiger partial charge in [0.15, 0.2) is 0 Å². The summed E-state index contributed by atoms with van der Waals surface area (Å²) >= 11 is 0. The SMILES string of the molecule is Cc1cc(-c2ccc3cnc(NC(=O)c4ccnc(N5CCOCC5)c4)cc3c2)n(C)c1C.[HH]. The number of rotatable bonds is 4. The van der Waals surface area contributed by atoms with Crippen molar-refractivity contribution < 1.29 is 11.0 Å². The van der Waals surface area contributed by atoms with Crippen LogP contribution in [0.15, 0.2) is 54.9 Å². The standard InChI is InChI=1S/C26H27N5O2.H2/c1-17-12-23(30(3)18(17)2)19-4-5-21-16-28-24(14-22(21)13-19)29-26(32)20-6-7-27-25(15-20)31-8-10-33-11-9-31;/h4-7,12-16H,8-11H2,1-3H3,(H,28,29,32);1H. The van der Waals surface area contributed by atoms with Crippen LogP contribution in [-0.2, 0) is 11.8 Å². The molecular weight excluding hydrogens is 414 g/mol. The predicted molar refractivity (Wildman–Crippen MR) is 133 cm³/mol. The Morgan fingerprint density at radius 3 is 2.61 bits per heavy atom. The average Bonchev–Trinajstić information content (AvgIpc) is 3.11. The lowest BCUT2D eigenvalue weighted by Gasteiger charge is -2.27. The molecule has 4 aromatic rings. The molecule has 0 unspecified atom stereocenters. The zero-order valence-electron chi connectivity index (χ0n) is 19.1. The van der Waals surface area contributed by atoms with Crippen LogP contribution in [0.2, 0.25) is 0 Å². The number of hydrogen-bond donors (Lipinski definition) is 1. The number of nitrogens with zero attached hydrogens (tertiary/aromatic N) is 4. The lowest BCUT2D eigenvalue weighted by Crippen LogP contribution is -2.36. The molecule has 1 aliphatic heterocycles. The van der Waals surface area contributed by atoms with Gasteiger partial charge in [-0.05, 0) is 60.7 Å². The molecule has 3 aromatic heterocycles. The highest BCUT2D eigenvalue weighted by molar-refractivity contribution is 6.05. The number of hydrogen-bond acceptors (Lipinski definition) is 5. The lowest BCUT2D eigenvalue weighted by atomic mass is 10.1. The van der Waals surface area contributed by atoms with Crippen LogP contribution in [-0.4, -0.2) is 46.7 Å². The number of carbonyl (C=O) groups excluding carboxylic acids is 1. The third-order valence-corrected chi connectivity index (χ3v) is 6.39. The number of amides is 1. The van der Waals surface area contributed by atoms with Crippen LogP contribution in [0.3, 0.4) is 0 Å². The zero-order chi connectivity index (χ0) is 22.9. The summed E-state index contributed by atoms with van der Waals surface area (Å²) in [6.07, 6.45) is 3.46. The van der Waals surface area contributed by atoms with E-state index in [9.17, 15) is 4.79 Å². The first kappa shape index (κ1) is 21.2. The van der Waals surface area contributed by atoms with E-state index in [0.29, 0.717) is 24.6 Å². The second-order valence-corrected chi connectivity index (χ2v) is 8.44. The van der Waals surface area contributed by atoms with Crippen molar-refractivity contribution in [1.29, 1.82) is 0 Å². The number of nitrogens with one attached hydrogen (secondary N) is 1. The van der Waals surface area contributed by atoms with Crippen molar-refractivity contribution in [3.8, 4) is 11.3 Å². The molecule has 1 aromatic carbocycles. The Morgan fingerprint density at radius 2 is 1.85 bits per heavy atom. The van der Waals surface area contributed by atoms with Crippen LogP contribution >= 0.6 is 0 Å². The van der Waals surface area contributed by atoms with Crippen molar-refractivity contribution in [3.05, 3.63) is 71.7 Å². The van der Waals surface area contributed by atoms with E-state index in [1.54, 1.807) is 18.5 Å². The second kappa shape index (κ2) is 8.67. The number of ether oxygens (including phenoxy) is 1. The van der Waals surface area contributed by atoms with Crippen molar-refractivity contribution >= 4 is 28.3 Å². The molecule has 0 aliphatic carbocycles. The van der Waals surface area contributed by atoms with Crippen molar-refractivity contribution in [3.63, 3.8) is 0 Å². The van der Waals surface area contributed by atoms with E-state index in [1.165, 1.54) is 17.0 Å². The Hall–Kier alpha value is -3.71. The summed E-state index contributed by atoms with van der Waals surface area (Å²) < 4.78 is 7.61. The van der Waals surface area contributed by atoms with Gasteiger partial charge >= 0.3 is 0 Å². The molecule has 170 valence electrons. The predicted octanol–water partition coefficient (Wildman–Crippen LogP) is 4.59. The molecule has 1 amide bonds. The molecule has 1 N–H and O–H groups in total. The largest absolute Gasteiger partial charge is 0.378 e. The summed E-state index contributed by atoms with van der Waals surface area (Å²) in [4.78, 5) is 23.9. The van der Waals surface area contributed by atoms with Gasteiger partial charge in [-0.2, -0.15) is 0 Å². The molecule has 0 saturated carbocycles. The Labute approximate surface area is 194 Å². The highest BCUT2D eigenvalue weighted by Gasteiger charge is 2.15. The maximum atomic E-state index is 12.9. The highest BCUT2D eigenvalue weighted by Crippen LogP contribution is 2.28. The molecule has 7 heteroatoms. The van der Waals surface area contributed by atoms with Crippen LogP contribution in [0.1, 0.15) is 23.0 Å². The summed E-state index contributed by atoms with van der Waals surface area (Å²) in [6.45, 7) is 7.13. The van der Waals surface area contributed by atoms with Gasteiger partial charge in [-0.3, -0.25) is 4.79 Å². The van der Waals surface area contributed by atoms with E-state index in [4.69, 9.17) is 4.74 Å². The van der Waals surface area contributed by atoms with Gasteiger partial charge in [0.05, 0.1) is 13.2 Å². The molecule has 4 heterocycles. The summed E-state index contributed by atoms with van der Waals surface area (Å²) in [6, 6.07) is 14.0. The average molecular weight is 444 g/mol. The van der Waals surface area contributed by atoms with Crippen molar-refractivity contribution in [2.24, 2.45) is 7.05 Å².